The largest absolute Gasteiger partial charge is 0.341 e. The van der Waals surface area contributed by atoms with Gasteiger partial charge in [0.1, 0.15) is 0 Å². The van der Waals surface area contributed by atoms with Crippen LogP contribution in [-0.4, -0.2) is 10.4 Å². The van der Waals surface area contributed by atoms with Crippen molar-refractivity contribution in [3.63, 3.8) is 0 Å². The maximum absolute atomic E-state index is 5.91. The lowest BCUT2D eigenvalue weighted by atomic mass is 10.0. The van der Waals surface area contributed by atoms with E-state index in [1.54, 1.807) is 0 Å². The van der Waals surface area contributed by atoms with E-state index in [-0.39, 0.29) is 0 Å². The van der Waals surface area contributed by atoms with Gasteiger partial charge in [-0.2, -0.15) is 0 Å². The van der Waals surface area contributed by atoms with E-state index in [2.05, 4.69) is 22.6 Å². The van der Waals surface area contributed by atoms with Gasteiger partial charge in [0.05, 0.1) is 0 Å². The Labute approximate surface area is 231 Å². The Bertz CT molecular complexity index is 350. The van der Waals surface area contributed by atoms with E-state index in [0.29, 0.717) is 0 Å². The number of rotatable bonds is 27. The van der Waals surface area contributed by atoms with Crippen molar-refractivity contribution >= 4 is 61.8 Å². The van der Waals surface area contributed by atoms with Crippen LogP contribution in [0.2, 0.25) is 6.04 Å². The molecular formula is C27H54Cl3ISi. The van der Waals surface area contributed by atoms with Gasteiger partial charge in [-0.3, -0.25) is 0 Å². The molecule has 0 fully saturated rings. The lowest BCUT2D eigenvalue weighted by molar-refractivity contribution is 0.517. The molecule has 0 aromatic heterocycles. The van der Waals surface area contributed by atoms with Crippen molar-refractivity contribution in [2.45, 2.75) is 167 Å². The zero-order valence-electron chi connectivity index (χ0n) is 21.1. The Hall–Kier alpha value is 1.82. The van der Waals surface area contributed by atoms with Crippen LogP contribution in [0, 0.1) is 0 Å². The Morgan fingerprint density at radius 3 is 0.688 bits per heavy atom. The predicted molar refractivity (Wildman–Crippen MR) is 162 cm³/mol. The van der Waals surface area contributed by atoms with Crippen molar-refractivity contribution < 1.29 is 0 Å². The summed E-state index contributed by atoms with van der Waals surface area (Å²) < 4.78 is 1.34. The maximum Gasteiger partial charge on any atom is 0.341 e. The Balaban J connectivity index is 3.02. The van der Waals surface area contributed by atoms with Gasteiger partial charge in [0, 0.05) is 0 Å². The van der Waals surface area contributed by atoms with Crippen molar-refractivity contribution in [1.82, 2.24) is 0 Å². The molecule has 0 aliphatic carbocycles. The first kappa shape index (κ1) is 33.8. The Morgan fingerprint density at radius 1 is 0.312 bits per heavy atom. The summed E-state index contributed by atoms with van der Waals surface area (Å²) in [5, 5.41) is 0. The highest BCUT2D eigenvalue weighted by Crippen LogP contribution is 2.27. The van der Waals surface area contributed by atoms with E-state index >= 15 is 0 Å². The molecule has 0 aliphatic heterocycles. The highest BCUT2D eigenvalue weighted by atomic mass is 127. The van der Waals surface area contributed by atoms with Crippen LogP contribution in [0.1, 0.15) is 161 Å². The first-order valence-electron chi connectivity index (χ1n) is 14.2. The minimum Gasteiger partial charge on any atom is -0.126 e. The van der Waals surface area contributed by atoms with E-state index in [1.165, 1.54) is 159 Å². The van der Waals surface area contributed by atoms with Gasteiger partial charge in [0.25, 0.3) is 0 Å². The summed E-state index contributed by atoms with van der Waals surface area (Å²) in [6, 6.07) is -1.53. The number of halogens is 4. The topological polar surface area (TPSA) is 0 Å². The van der Waals surface area contributed by atoms with Crippen molar-refractivity contribution in [2.24, 2.45) is 0 Å². The third kappa shape index (κ3) is 31.8. The van der Waals surface area contributed by atoms with Crippen LogP contribution in [0.25, 0.3) is 0 Å². The first-order chi connectivity index (χ1) is 15.6. The van der Waals surface area contributed by atoms with Gasteiger partial charge in [-0.05, 0) is 16.9 Å². The van der Waals surface area contributed by atoms with Crippen molar-refractivity contribution in [1.29, 1.82) is 0 Å². The van der Waals surface area contributed by atoms with Crippen LogP contribution in [-0.2, 0) is 0 Å². The normalized spacial score (nSPS) is 12.0. The molecule has 0 heterocycles. The fourth-order valence-electron chi connectivity index (χ4n) is 4.49. The lowest BCUT2D eigenvalue weighted by Crippen LogP contribution is -2.07. The van der Waals surface area contributed by atoms with E-state index in [1.807, 2.05) is 0 Å². The number of unbranched alkanes of at least 4 members (excludes halogenated alkanes) is 24. The minimum absolute atomic E-state index is 0.830. The lowest BCUT2D eigenvalue weighted by Gasteiger charge is -2.07. The third-order valence-electron chi connectivity index (χ3n) is 6.59. The van der Waals surface area contributed by atoms with Gasteiger partial charge in [-0.25, -0.2) is 0 Å². The molecule has 5 heteroatoms. The second-order valence-corrected chi connectivity index (χ2v) is 20.3. The van der Waals surface area contributed by atoms with Gasteiger partial charge in [-0.15, -0.1) is 33.2 Å². The monoisotopic (exact) mass is 638 g/mol. The fraction of sp³-hybridized carbons (Fsp3) is 1.00. The molecule has 194 valence electrons. The second-order valence-electron chi connectivity index (χ2n) is 9.89. The quantitative estimate of drug-likeness (QED) is 0.0276. The summed E-state index contributed by atoms with van der Waals surface area (Å²) in [4.78, 5) is 0. The molecule has 0 N–H and O–H groups in total. The van der Waals surface area contributed by atoms with Crippen molar-refractivity contribution in [3.05, 3.63) is 0 Å². The first-order valence-corrected chi connectivity index (χ1v) is 21.0. The zero-order valence-corrected chi connectivity index (χ0v) is 26.5. The highest BCUT2D eigenvalue weighted by molar-refractivity contribution is 14.1. The highest BCUT2D eigenvalue weighted by Gasteiger charge is 2.23. The molecule has 0 aliphatic rings. The number of hydrogen-bond acceptors (Lipinski definition) is 0. The van der Waals surface area contributed by atoms with E-state index in [9.17, 15) is 0 Å². The fourth-order valence-corrected chi connectivity index (χ4v) is 6.88. The van der Waals surface area contributed by atoms with Gasteiger partial charge in [-0.1, -0.05) is 177 Å². The third-order valence-corrected chi connectivity index (χ3v) is 9.98. The minimum atomic E-state index is -2.36. The Kier molecular flexibility index (Phi) is 29.0. The molecule has 0 nitrogen and oxygen atoms in total. The SMILES string of the molecule is Cl[Si](Cl)(Cl)CCCCCCCCCCCCCCCCCCCCCCCCCCCI. The standard InChI is InChI=1S/C27H54Cl3ISi/c28-32(29,30)27-25-23-21-19-17-15-13-11-9-7-5-3-1-2-4-6-8-10-12-14-16-18-20-22-24-26-31/h1-27H2. The summed E-state index contributed by atoms with van der Waals surface area (Å²) >= 11 is 20.2. The molecule has 0 bridgehead atoms. The average molecular weight is 640 g/mol. The molecule has 0 radical (unpaired) electrons. The van der Waals surface area contributed by atoms with E-state index < -0.39 is 6.00 Å². The summed E-state index contributed by atoms with van der Waals surface area (Å²) in [5.74, 6) is 0. The molecule has 32 heavy (non-hydrogen) atoms. The van der Waals surface area contributed by atoms with Crippen LogP contribution in [0.5, 0.6) is 0 Å². The summed E-state index contributed by atoms with van der Waals surface area (Å²) in [6.07, 6.45) is 35.6. The molecule has 0 amide bonds. The van der Waals surface area contributed by atoms with E-state index in [4.69, 9.17) is 33.2 Å². The molecule has 0 aromatic carbocycles. The Morgan fingerprint density at radius 2 is 0.500 bits per heavy atom. The molecule has 0 saturated carbocycles. The predicted octanol–water partition coefficient (Wildman–Crippen LogP) is 12.8. The smallest absolute Gasteiger partial charge is 0.126 e. The molecule has 0 saturated heterocycles. The molecule has 0 rings (SSSR count). The molecule has 0 spiro atoms. The maximum atomic E-state index is 5.91. The second kappa shape index (κ2) is 27.4. The van der Waals surface area contributed by atoms with Crippen LogP contribution in [0.4, 0.5) is 0 Å². The van der Waals surface area contributed by atoms with Gasteiger partial charge >= 0.3 is 6.00 Å². The van der Waals surface area contributed by atoms with Crippen LogP contribution < -0.4 is 0 Å². The van der Waals surface area contributed by atoms with Gasteiger partial charge in [0.2, 0.25) is 0 Å². The van der Waals surface area contributed by atoms with Crippen LogP contribution >= 0.6 is 55.8 Å². The molecule has 0 atom stereocenters. The molecular weight excluding hydrogens is 586 g/mol. The van der Waals surface area contributed by atoms with Gasteiger partial charge < -0.3 is 0 Å². The van der Waals surface area contributed by atoms with Crippen LogP contribution in [0.3, 0.4) is 0 Å². The number of alkyl halides is 1. The van der Waals surface area contributed by atoms with Crippen molar-refractivity contribution in [3.8, 4) is 0 Å². The van der Waals surface area contributed by atoms with Crippen LogP contribution in [0.15, 0.2) is 0 Å². The summed E-state index contributed by atoms with van der Waals surface area (Å²) in [6.45, 7) is 0. The molecule has 0 unspecified atom stereocenters. The summed E-state index contributed by atoms with van der Waals surface area (Å²) in [5.41, 5.74) is 0. The molecule has 0 aromatic rings. The average Bonchev–Trinajstić information content (AvgIpc) is 2.75. The zero-order chi connectivity index (χ0) is 23.6. The number of hydrogen-bond donors (Lipinski definition) is 0. The van der Waals surface area contributed by atoms with Crippen molar-refractivity contribution in [2.75, 3.05) is 4.43 Å². The van der Waals surface area contributed by atoms with Gasteiger partial charge in [0.15, 0.2) is 0 Å². The summed E-state index contributed by atoms with van der Waals surface area (Å²) in [7, 11) is 0. The van der Waals surface area contributed by atoms with E-state index in [0.717, 1.165) is 12.5 Å².